The zero-order chi connectivity index (χ0) is 14.0. The Bertz CT molecular complexity index is 255. The van der Waals surface area contributed by atoms with Crippen LogP contribution in [0.1, 0.15) is 33.1 Å². The third-order valence-electron chi connectivity index (χ3n) is 2.70. The molecule has 106 valence electrons. The van der Waals surface area contributed by atoms with Gasteiger partial charge in [-0.2, -0.15) is 0 Å². The molecule has 0 bridgehead atoms. The van der Waals surface area contributed by atoms with Crippen LogP contribution in [0.4, 0.5) is 0 Å². The normalized spacial score (nSPS) is 10.5. The number of hydrogen-bond acceptors (Lipinski definition) is 3. The fourth-order valence-corrected chi connectivity index (χ4v) is 1.50. The number of carbonyl (C=O) groups excluding carboxylic acids is 2. The highest BCUT2D eigenvalue weighted by Crippen LogP contribution is 1.93. The molecule has 0 unspecified atom stereocenters. The van der Waals surface area contributed by atoms with Crippen LogP contribution in [0.15, 0.2) is 0 Å². The van der Waals surface area contributed by atoms with Gasteiger partial charge in [0.25, 0.3) is 0 Å². The van der Waals surface area contributed by atoms with Gasteiger partial charge in [0.1, 0.15) is 0 Å². The van der Waals surface area contributed by atoms with Crippen LogP contribution in [0.5, 0.6) is 0 Å². The average molecular weight is 257 g/mol. The van der Waals surface area contributed by atoms with Gasteiger partial charge in [0.2, 0.25) is 11.8 Å². The first-order valence-corrected chi connectivity index (χ1v) is 6.64. The summed E-state index contributed by atoms with van der Waals surface area (Å²) in [6.45, 7) is 5.84. The molecule has 18 heavy (non-hydrogen) atoms. The molecule has 0 radical (unpaired) electrons. The van der Waals surface area contributed by atoms with Crippen molar-refractivity contribution in [2.45, 2.75) is 33.1 Å². The van der Waals surface area contributed by atoms with E-state index < -0.39 is 0 Å². The molecule has 0 aromatic rings. The van der Waals surface area contributed by atoms with E-state index in [0.717, 1.165) is 25.8 Å². The minimum Gasteiger partial charge on any atom is -0.355 e. The topological polar surface area (TPSA) is 52.7 Å². The highest BCUT2D eigenvalue weighted by Gasteiger charge is 2.13. The quantitative estimate of drug-likeness (QED) is 0.619. The van der Waals surface area contributed by atoms with Gasteiger partial charge in [-0.15, -0.1) is 0 Å². The monoisotopic (exact) mass is 257 g/mol. The summed E-state index contributed by atoms with van der Waals surface area (Å²) < 4.78 is 0. The summed E-state index contributed by atoms with van der Waals surface area (Å²) in [6.07, 6.45) is 3.26. The van der Waals surface area contributed by atoms with E-state index in [9.17, 15) is 9.59 Å². The van der Waals surface area contributed by atoms with Crippen molar-refractivity contribution >= 4 is 11.8 Å². The number of nitrogens with one attached hydrogen (secondary N) is 1. The van der Waals surface area contributed by atoms with E-state index >= 15 is 0 Å². The van der Waals surface area contributed by atoms with Gasteiger partial charge in [0.15, 0.2) is 0 Å². The van der Waals surface area contributed by atoms with E-state index in [1.54, 1.807) is 4.90 Å². The summed E-state index contributed by atoms with van der Waals surface area (Å²) in [6, 6.07) is 0. The van der Waals surface area contributed by atoms with E-state index in [2.05, 4.69) is 12.2 Å². The number of unbranched alkanes of at least 4 members (excludes halogenated alkanes) is 2. The minimum atomic E-state index is -0.0694. The second-order valence-corrected chi connectivity index (χ2v) is 4.80. The first-order chi connectivity index (χ1) is 8.47. The number of carbonyl (C=O) groups is 2. The summed E-state index contributed by atoms with van der Waals surface area (Å²) >= 11 is 0. The Morgan fingerprint density at radius 3 is 2.28 bits per heavy atom. The Kier molecular flexibility index (Phi) is 9.28. The summed E-state index contributed by atoms with van der Waals surface area (Å²) in [5.41, 5.74) is 0. The Hall–Kier alpha value is -1.10. The van der Waals surface area contributed by atoms with Gasteiger partial charge in [0.05, 0.1) is 6.54 Å². The maximum atomic E-state index is 11.6. The van der Waals surface area contributed by atoms with Crippen molar-refractivity contribution < 1.29 is 9.59 Å². The molecular formula is C13H27N3O2. The predicted molar refractivity (Wildman–Crippen MR) is 73.3 cm³/mol. The number of likely N-dealkylation sites (N-methyl/N-ethyl adjacent to an activating group) is 1. The molecule has 5 heteroatoms. The molecule has 0 aliphatic carbocycles. The number of hydrogen-bond donors (Lipinski definition) is 1. The second-order valence-electron chi connectivity index (χ2n) is 4.80. The van der Waals surface area contributed by atoms with E-state index in [1.165, 1.54) is 6.92 Å². The number of amides is 2. The van der Waals surface area contributed by atoms with Gasteiger partial charge < -0.3 is 15.1 Å². The van der Waals surface area contributed by atoms with Gasteiger partial charge in [-0.1, -0.05) is 19.8 Å². The summed E-state index contributed by atoms with van der Waals surface area (Å²) in [7, 11) is 3.90. The second kappa shape index (κ2) is 9.88. The number of rotatable bonds is 9. The standard InChI is InChI=1S/C13H27N3O2/c1-5-6-7-8-14-13(18)11-16(12(2)17)10-9-15(3)4/h5-11H2,1-4H3,(H,14,18). The first kappa shape index (κ1) is 16.9. The van der Waals surface area contributed by atoms with Crippen LogP contribution in [0.3, 0.4) is 0 Å². The molecule has 0 saturated carbocycles. The molecule has 2 amide bonds. The Morgan fingerprint density at radius 1 is 1.11 bits per heavy atom. The zero-order valence-corrected chi connectivity index (χ0v) is 12.2. The van der Waals surface area contributed by atoms with Crippen LogP contribution in [0.2, 0.25) is 0 Å². The van der Waals surface area contributed by atoms with Crippen LogP contribution in [-0.2, 0) is 9.59 Å². The molecule has 0 aromatic carbocycles. The van der Waals surface area contributed by atoms with E-state index in [0.29, 0.717) is 13.1 Å². The molecule has 0 aliphatic heterocycles. The lowest BCUT2D eigenvalue weighted by Crippen LogP contribution is -2.42. The van der Waals surface area contributed by atoms with Crippen molar-refractivity contribution in [2.24, 2.45) is 0 Å². The smallest absolute Gasteiger partial charge is 0.239 e. The van der Waals surface area contributed by atoms with Crippen LogP contribution < -0.4 is 5.32 Å². The van der Waals surface area contributed by atoms with Crippen molar-refractivity contribution in [1.29, 1.82) is 0 Å². The molecular weight excluding hydrogens is 230 g/mol. The van der Waals surface area contributed by atoms with Crippen LogP contribution in [0, 0.1) is 0 Å². The fourth-order valence-electron chi connectivity index (χ4n) is 1.50. The number of nitrogens with zero attached hydrogens (tertiary/aromatic N) is 2. The van der Waals surface area contributed by atoms with Crippen LogP contribution in [-0.4, -0.2) is 61.9 Å². The van der Waals surface area contributed by atoms with Gasteiger partial charge in [-0.05, 0) is 20.5 Å². The van der Waals surface area contributed by atoms with Crippen LogP contribution in [0.25, 0.3) is 0 Å². The average Bonchev–Trinajstić information content (AvgIpc) is 2.29. The third-order valence-corrected chi connectivity index (χ3v) is 2.70. The first-order valence-electron chi connectivity index (χ1n) is 6.64. The lowest BCUT2D eigenvalue weighted by atomic mass is 10.2. The minimum absolute atomic E-state index is 0.0550. The van der Waals surface area contributed by atoms with Crippen molar-refractivity contribution in [1.82, 2.24) is 15.1 Å². The maximum absolute atomic E-state index is 11.6. The van der Waals surface area contributed by atoms with Gasteiger partial charge in [-0.3, -0.25) is 9.59 Å². The fraction of sp³-hybridized carbons (Fsp3) is 0.846. The summed E-state index contributed by atoms with van der Waals surface area (Å²) in [4.78, 5) is 26.6. The van der Waals surface area contributed by atoms with Gasteiger partial charge in [0, 0.05) is 26.6 Å². The molecule has 0 atom stereocenters. The van der Waals surface area contributed by atoms with E-state index in [4.69, 9.17) is 0 Å². The highest BCUT2D eigenvalue weighted by atomic mass is 16.2. The SMILES string of the molecule is CCCCCNC(=O)CN(CCN(C)C)C(C)=O. The molecule has 0 saturated heterocycles. The van der Waals surface area contributed by atoms with Crippen LogP contribution >= 0.6 is 0 Å². The molecule has 0 fully saturated rings. The molecule has 1 N–H and O–H groups in total. The third kappa shape index (κ3) is 8.98. The summed E-state index contributed by atoms with van der Waals surface area (Å²) in [5, 5.41) is 2.84. The van der Waals surface area contributed by atoms with Gasteiger partial charge >= 0.3 is 0 Å². The van der Waals surface area contributed by atoms with E-state index in [1.807, 2.05) is 19.0 Å². The molecule has 0 aliphatic rings. The zero-order valence-electron chi connectivity index (χ0n) is 12.2. The predicted octanol–water partition coefficient (Wildman–Crippen LogP) is 0.703. The molecule has 0 aromatic heterocycles. The van der Waals surface area contributed by atoms with E-state index in [-0.39, 0.29) is 18.4 Å². The highest BCUT2D eigenvalue weighted by molar-refractivity contribution is 5.83. The van der Waals surface area contributed by atoms with Crippen molar-refractivity contribution in [3.63, 3.8) is 0 Å². The molecule has 5 nitrogen and oxygen atoms in total. The van der Waals surface area contributed by atoms with Crippen molar-refractivity contribution in [3.8, 4) is 0 Å². The molecule has 0 spiro atoms. The van der Waals surface area contributed by atoms with Crippen molar-refractivity contribution in [3.05, 3.63) is 0 Å². The Morgan fingerprint density at radius 2 is 1.78 bits per heavy atom. The maximum Gasteiger partial charge on any atom is 0.239 e. The summed E-state index contributed by atoms with van der Waals surface area (Å²) in [5.74, 6) is -0.124. The lowest BCUT2D eigenvalue weighted by molar-refractivity contribution is -0.134. The van der Waals surface area contributed by atoms with Gasteiger partial charge in [-0.25, -0.2) is 0 Å². The Balaban J connectivity index is 3.92. The lowest BCUT2D eigenvalue weighted by Gasteiger charge is -2.22. The molecule has 0 heterocycles. The molecule has 0 rings (SSSR count). The van der Waals surface area contributed by atoms with Crippen molar-refractivity contribution in [2.75, 3.05) is 40.3 Å². The largest absolute Gasteiger partial charge is 0.355 e. The Labute approximate surface area is 111 Å².